The Labute approximate surface area is 141 Å². The Balaban J connectivity index is 1.88. The monoisotopic (exact) mass is 357 g/mol. The van der Waals surface area contributed by atoms with Crippen LogP contribution in [0.3, 0.4) is 0 Å². The molecule has 0 bridgehead atoms. The molecule has 0 radical (unpaired) electrons. The van der Waals surface area contributed by atoms with E-state index in [0.717, 1.165) is 41.7 Å². The Morgan fingerprint density at radius 3 is 2.65 bits per heavy atom. The van der Waals surface area contributed by atoms with Gasteiger partial charge in [-0.2, -0.15) is 0 Å². The Hall–Kier alpha value is -1.54. The highest BCUT2D eigenvalue weighted by atomic mass is 32.2. The molecule has 0 aliphatic carbocycles. The molecule has 0 aliphatic rings. The summed E-state index contributed by atoms with van der Waals surface area (Å²) in [5, 5.41) is 12.1. The SMILES string of the molecule is CCC(CC)c1nnc(NC(=O)CSc2ccc(F)c(F)c2)s1. The smallest absolute Gasteiger partial charge is 0.236 e. The molecule has 0 fully saturated rings. The van der Waals surface area contributed by atoms with Crippen molar-refractivity contribution >= 4 is 34.1 Å². The van der Waals surface area contributed by atoms with Crippen molar-refractivity contribution < 1.29 is 13.6 Å². The average molecular weight is 357 g/mol. The maximum absolute atomic E-state index is 13.1. The van der Waals surface area contributed by atoms with Crippen LogP contribution in [-0.4, -0.2) is 21.9 Å². The molecular formula is C15H17F2N3OS2. The summed E-state index contributed by atoms with van der Waals surface area (Å²) in [4.78, 5) is 12.4. The van der Waals surface area contributed by atoms with E-state index in [4.69, 9.17) is 0 Å². The van der Waals surface area contributed by atoms with Gasteiger partial charge in [0.25, 0.3) is 0 Å². The third-order valence-electron chi connectivity index (χ3n) is 3.28. The zero-order chi connectivity index (χ0) is 16.8. The van der Waals surface area contributed by atoms with Crippen LogP contribution in [0.4, 0.5) is 13.9 Å². The molecule has 8 heteroatoms. The van der Waals surface area contributed by atoms with E-state index >= 15 is 0 Å². The molecule has 1 aromatic carbocycles. The highest BCUT2D eigenvalue weighted by Crippen LogP contribution is 2.28. The fourth-order valence-electron chi connectivity index (χ4n) is 1.96. The van der Waals surface area contributed by atoms with Gasteiger partial charge < -0.3 is 0 Å². The van der Waals surface area contributed by atoms with Crippen molar-refractivity contribution in [1.29, 1.82) is 0 Å². The number of hydrogen-bond acceptors (Lipinski definition) is 5. The Morgan fingerprint density at radius 2 is 2.00 bits per heavy atom. The lowest BCUT2D eigenvalue weighted by molar-refractivity contribution is -0.113. The predicted molar refractivity (Wildman–Crippen MR) is 88.9 cm³/mol. The summed E-state index contributed by atoms with van der Waals surface area (Å²) in [7, 11) is 0. The minimum absolute atomic E-state index is 0.0883. The molecule has 124 valence electrons. The number of amides is 1. The lowest BCUT2D eigenvalue weighted by Gasteiger charge is -2.05. The zero-order valence-electron chi connectivity index (χ0n) is 12.8. The number of carbonyl (C=O) groups excluding carboxylic acids is 1. The normalized spacial score (nSPS) is 11.0. The molecule has 2 aromatic rings. The Kier molecular flexibility index (Phi) is 6.47. The van der Waals surface area contributed by atoms with Gasteiger partial charge in [0, 0.05) is 10.8 Å². The molecule has 4 nitrogen and oxygen atoms in total. The molecule has 0 aliphatic heterocycles. The molecule has 0 saturated heterocycles. The van der Waals surface area contributed by atoms with E-state index in [-0.39, 0.29) is 11.7 Å². The van der Waals surface area contributed by atoms with E-state index < -0.39 is 11.6 Å². The van der Waals surface area contributed by atoms with Crippen molar-refractivity contribution in [3.63, 3.8) is 0 Å². The van der Waals surface area contributed by atoms with E-state index in [9.17, 15) is 13.6 Å². The second-order valence-electron chi connectivity index (χ2n) is 4.87. The fourth-order valence-corrected chi connectivity index (χ4v) is 3.71. The highest BCUT2D eigenvalue weighted by molar-refractivity contribution is 8.00. The number of benzene rings is 1. The number of thioether (sulfide) groups is 1. The average Bonchev–Trinajstić information content (AvgIpc) is 2.98. The summed E-state index contributed by atoms with van der Waals surface area (Å²) in [6.07, 6.45) is 1.95. The van der Waals surface area contributed by atoms with Gasteiger partial charge in [-0.3, -0.25) is 10.1 Å². The standard InChI is InChI=1S/C15H17F2N3OS2/c1-3-9(4-2)14-19-20-15(23-14)18-13(21)8-22-10-5-6-11(16)12(17)7-10/h5-7,9H,3-4,8H2,1-2H3,(H,18,20,21). The summed E-state index contributed by atoms with van der Waals surface area (Å²) in [6, 6.07) is 3.55. The van der Waals surface area contributed by atoms with Crippen LogP contribution in [0.25, 0.3) is 0 Å². The molecule has 1 heterocycles. The summed E-state index contributed by atoms with van der Waals surface area (Å²) in [5.74, 6) is -1.64. The first-order chi connectivity index (χ1) is 11.0. The maximum atomic E-state index is 13.1. The zero-order valence-corrected chi connectivity index (χ0v) is 14.4. The number of halogens is 2. The van der Waals surface area contributed by atoms with E-state index in [1.54, 1.807) is 0 Å². The molecule has 1 N–H and O–H groups in total. The van der Waals surface area contributed by atoms with E-state index in [2.05, 4.69) is 29.4 Å². The number of hydrogen-bond donors (Lipinski definition) is 1. The van der Waals surface area contributed by atoms with Crippen LogP contribution >= 0.6 is 23.1 Å². The van der Waals surface area contributed by atoms with E-state index in [1.165, 1.54) is 17.4 Å². The Bertz CT molecular complexity index is 674. The molecule has 0 atom stereocenters. The quantitative estimate of drug-likeness (QED) is 0.744. The van der Waals surface area contributed by atoms with Gasteiger partial charge in [0.05, 0.1) is 5.75 Å². The topological polar surface area (TPSA) is 54.9 Å². The summed E-state index contributed by atoms with van der Waals surface area (Å²) >= 11 is 2.50. The summed E-state index contributed by atoms with van der Waals surface area (Å²) < 4.78 is 25.9. The number of aromatic nitrogens is 2. The molecule has 23 heavy (non-hydrogen) atoms. The second-order valence-corrected chi connectivity index (χ2v) is 6.93. The summed E-state index contributed by atoms with van der Waals surface area (Å²) in [6.45, 7) is 4.18. The molecule has 1 aromatic heterocycles. The van der Waals surface area contributed by atoms with Crippen molar-refractivity contribution in [1.82, 2.24) is 10.2 Å². The van der Waals surface area contributed by atoms with Gasteiger partial charge in [-0.05, 0) is 31.0 Å². The van der Waals surface area contributed by atoms with Crippen LogP contribution < -0.4 is 5.32 Å². The lowest BCUT2D eigenvalue weighted by atomic mass is 10.1. The molecule has 0 unspecified atom stereocenters. The molecule has 0 spiro atoms. The van der Waals surface area contributed by atoms with E-state index in [0.29, 0.717) is 15.9 Å². The van der Waals surface area contributed by atoms with Gasteiger partial charge >= 0.3 is 0 Å². The van der Waals surface area contributed by atoms with Crippen LogP contribution in [0.1, 0.15) is 37.6 Å². The van der Waals surface area contributed by atoms with Crippen molar-refractivity contribution in [3.8, 4) is 0 Å². The summed E-state index contributed by atoms with van der Waals surface area (Å²) in [5.41, 5.74) is 0. The number of nitrogens with zero attached hydrogens (tertiary/aromatic N) is 2. The van der Waals surface area contributed by atoms with Crippen molar-refractivity contribution in [2.24, 2.45) is 0 Å². The second kappa shape index (κ2) is 8.35. The first kappa shape index (κ1) is 17.8. The third kappa shape index (κ3) is 4.97. The number of nitrogens with one attached hydrogen (secondary N) is 1. The molecule has 2 rings (SSSR count). The van der Waals surface area contributed by atoms with Gasteiger partial charge in [0.15, 0.2) is 11.6 Å². The fraction of sp³-hybridized carbons (Fsp3) is 0.400. The lowest BCUT2D eigenvalue weighted by Crippen LogP contribution is -2.13. The first-order valence-electron chi connectivity index (χ1n) is 7.24. The largest absolute Gasteiger partial charge is 0.300 e. The molecule has 0 saturated carbocycles. The number of anilines is 1. The third-order valence-corrected chi connectivity index (χ3v) is 5.28. The van der Waals surface area contributed by atoms with E-state index in [1.807, 2.05) is 0 Å². The van der Waals surface area contributed by atoms with Crippen molar-refractivity contribution in [2.45, 2.75) is 37.5 Å². The van der Waals surface area contributed by atoms with Gasteiger partial charge in [0.1, 0.15) is 5.01 Å². The predicted octanol–water partition coefficient (Wildman–Crippen LogP) is 4.45. The van der Waals surface area contributed by atoms with Gasteiger partial charge in [-0.25, -0.2) is 8.78 Å². The van der Waals surface area contributed by atoms with Crippen LogP contribution in [0.2, 0.25) is 0 Å². The van der Waals surface area contributed by atoms with Gasteiger partial charge in [-0.15, -0.1) is 22.0 Å². The first-order valence-corrected chi connectivity index (χ1v) is 9.04. The maximum Gasteiger partial charge on any atom is 0.236 e. The highest BCUT2D eigenvalue weighted by Gasteiger charge is 2.14. The van der Waals surface area contributed by atoms with Crippen molar-refractivity contribution in [2.75, 3.05) is 11.1 Å². The van der Waals surface area contributed by atoms with Gasteiger partial charge in [0.2, 0.25) is 11.0 Å². The van der Waals surface area contributed by atoms with Gasteiger partial charge in [-0.1, -0.05) is 25.2 Å². The van der Waals surface area contributed by atoms with Crippen LogP contribution in [-0.2, 0) is 4.79 Å². The van der Waals surface area contributed by atoms with Crippen molar-refractivity contribution in [3.05, 3.63) is 34.8 Å². The number of rotatable bonds is 7. The Morgan fingerprint density at radius 1 is 1.26 bits per heavy atom. The van der Waals surface area contributed by atoms with Crippen LogP contribution in [0.15, 0.2) is 23.1 Å². The molecule has 1 amide bonds. The minimum Gasteiger partial charge on any atom is -0.300 e. The van der Waals surface area contributed by atoms with Crippen LogP contribution in [0, 0.1) is 11.6 Å². The number of carbonyl (C=O) groups is 1. The minimum atomic E-state index is -0.922. The van der Waals surface area contributed by atoms with Crippen LogP contribution in [0.5, 0.6) is 0 Å². The molecular weight excluding hydrogens is 340 g/mol.